The molecule has 132 valence electrons. The van der Waals surface area contributed by atoms with Crippen LogP contribution in [0.4, 0.5) is 5.69 Å². The van der Waals surface area contributed by atoms with Gasteiger partial charge in [0, 0.05) is 5.69 Å². The van der Waals surface area contributed by atoms with E-state index in [4.69, 9.17) is 0 Å². The van der Waals surface area contributed by atoms with Crippen LogP contribution in [0.5, 0.6) is 0 Å². The molecule has 0 aromatic heterocycles. The second kappa shape index (κ2) is 7.51. The highest BCUT2D eigenvalue weighted by Gasteiger charge is 2.36. The molecule has 1 nitrogen and oxygen atoms in total. The monoisotopic (exact) mass is 349 g/mol. The number of anilines is 1. The average molecular weight is 349 g/mol. The molecule has 0 aliphatic carbocycles. The van der Waals surface area contributed by atoms with E-state index in [9.17, 15) is 0 Å². The highest BCUT2D eigenvalue weighted by molar-refractivity contribution is 5.60. The van der Waals surface area contributed by atoms with Gasteiger partial charge in [-0.25, -0.2) is 0 Å². The molecule has 1 N–H and O–H groups in total. The van der Waals surface area contributed by atoms with Crippen molar-refractivity contribution in [3.63, 3.8) is 0 Å². The van der Waals surface area contributed by atoms with Crippen LogP contribution in [0.3, 0.4) is 0 Å². The fourth-order valence-electron chi connectivity index (χ4n) is 3.63. The molecule has 0 spiro atoms. The fourth-order valence-corrected chi connectivity index (χ4v) is 3.63. The van der Waals surface area contributed by atoms with Crippen molar-refractivity contribution in [3.05, 3.63) is 138 Å². The molecule has 27 heavy (non-hydrogen) atoms. The van der Waals surface area contributed by atoms with Crippen molar-refractivity contribution in [1.29, 1.82) is 0 Å². The summed E-state index contributed by atoms with van der Waals surface area (Å²) in [6.45, 7) is 2.11. The molecule has 4 aromatic carbocycles. The van der Waals surface area contributed by atoms with E-state index in [1.807, 2.05) is 0 Å². The first-order chi connectivity index (χ1) is 13.3. The largest absolute Gasteiger partial charge is 0.368 e. The Morgan fingerprint density at radius 2 is 0.852 bits per heavy atom. The van der Waals surface area contributed by atoms with E-state index in [1.54, 1.807) is 0 Å². The lowest BCUT2D eigenvalue weighted by atomic mass is 9.77. The summed E-state index contributed by atoms with van der Waals surface area (Å²) in [7, 11) is 0. The van der Waals surface area contributed by atoms with Gasteiger partial charge in [0.2, 0.25) is 0 Å². The fraction of sp³-hybridized carbons (Fsp3) is 0.0769. The van der Waals surface area contributed by atoms with Crippen LogP contribution < -0.4 is 5.32 Å². The van der Waals surface area contributed by atoms with Crippen molar-refractivity contribution in [1.82, 2.24) is 0 Å². The molecule has 0 bridgehead atoms. The number of rotatable bonds is 5. The summed E-state index contributed by atoms with van der Waals surface area (Å²) >= 11 is 0. The van der Waals surface area contributed by atoms with Crippen LogP contribution in [0.1, 0.15) is 22.3 Å². The van der Waals surface area contributed by atoms with Crippen molar-refractivity contribution in [3.8, 4) is 0 Å². The Morgan fingerprint density at radius 1 is 0.481 bits per heavy atom. The van der Waals surface area contributed by atoms with E-state index >= 15 is 0 Å². The van der Waals surface area contributed by atoms with Crippen LogP contribution in [0.15, 0.2) is 115 Å². The molecule has 4 rings (SSSR count). The van der Waals surface area contributed by atoms with Gasteiger partial charge in [-0.2, -0.15) is 0 Å². The number of hydrogen-bond acceptors (Lipinski definition) is 1. The number of aryl methyl sites for hydroxylation is 1. The maximum atomic E-state index is 3.87. The first-order valence-electron chi connectivity index (χ1n) is 9.30. The van der Waals surface area contributed by atoms with Gasteiger partial charge in [0.1, 0.15) is 5.54 Å². The molecule has 0 aliphatic heterocycles. The Labute approximate surface area is 161 Å². The topological polar surface area (TPSA) is 12.0 Å². The van der Waals surface area contributed by atoms with Gasteiger partial charge in [0.15, 0.2) is 0 Å². The zero-order valence-corrected chi connectivity index (χ0v) is 15.5. The zero-order chi connectivity index (χ0) is 18.5. The lowest BCUT2D eigenvalue weighted by molar-refractivity contribution is 0.712. The third-order valence-electron chi connectivity index (χ3n) is 5.00. The third-order valence-corrected chi connectivity index (χ3v) is 5.00. The summed E-state index contributed by atoms with van der Waals surface area (Å²) in [4.78, 5) is 0. The predicted octanol–water partition coefficient (Wildman–Crippen LogP) is 6.40. The van der Waals surface area contributed by atoms with Crippen LogP contribution in [-0.2, 0) is 5.54 Å². The lowest BCUT2D eigenvalue weighted by Gasteiger charge is -2.38. The molecule has 0 amide bonds. The number of nitrogens with one attached hydrogen (secondary N) is 1. The van der Waals surface area contributed by atoms with Crippen LogP contribution in [-0.4, -0.2) is 0 Å². The quantitative estimate of drug-likeness (QED) is 0.411. The molecule has 0 heterocycles. The average Bonchev–Trinajstić information content (AvgIpc) is 2.75. The standard InChI is InChI=1S/C26H23N/c1-21-17-19-25(20-18-21)27-26(22-11-5-2-6-12-22,23-13-7-3-8-14-23)24-15-9-4-10-16-24/h2-20,27H,1H3. The van der Waals surface area contributed by atoms with Gasteiger partial charge in [0.25, 0.3) is 0 Å². The summed E-state index contributed by atoms with van der Waals surface area (Å²) in [5.74, 6) is 0. The minimum atomic E-state index is -0.473. The predicted molar refractivity (Wildman–Crippen MR) is 114 cm³/mol. The first-order valence-corrected chi connectivity index (χ1v) is 9.30. The molecule has 0 fully saturated rings. The molecule has 0 aliphatic rings. The molecule has 0 unspecified atom stereocenters. The molecule has 0 saturated carbocycles. The van der Waals surface area contributed by atoms with Gasteiger partial charge < -0.3 is 5.32 Å². The van der Waals surface area contributed by atoms with E-state index in [1.165, 1.54) is 22.3 Å². The molecular weight excluding hydrogens is 326 g/mol. The maximum Gasteiger partial charge on any atom is 0.114 e. The summed E-state index contributed by atoms with van der Waals surface area (Å²) in [6.07, 6.45) is 0. The van der Waals surface area contributed by atoms with E-state index < -0.39 is 5.54 Å². The smallest absolute Gasteiger partial charge is 0.114 e. The highest BCUT2D eigenvalue weighted by Crippen LogP contribution is 2.39. The van der Waals surface area contributed by atoms with Gasteiger partial charge in [-0.05, 0) is 35.7 Å². The Hall–Kier alpha value is -3.32. The van der Waals surface area contributed by atoms with Crippen molar-refractivity contribution in [2.75, 3.05) is 5.32 Å². The number of hydrogen-bond donors (Lipinski definition) is 1. The SMILES string of the molecule is Cc1ccc(NC(c2ccccc2)(c2ccccc2)c2ccccc2)cc1. The van der Waals surface area contributed by atoms with Gasteiger partial charge >= 0.3 is 0 Å². The normalized spacial score (nSPS) is 11.1. The van der Waals surface area contributed by atoms with Gasteiger partial charge in [0.05, 0.1) is 0 Å². The lowest BCUT2D eigenvalue weighted by Crippen LogP contribution is -2.38. The van der Waals surface area contributed by atoms with Crippen molar-refractivity contribution < 1.29 is 0 Å². The highest BCUT2D eigenvalue weighted by atomic mass is 15.0. The van der Waals surface area contributed by atoms with E-state index in [-0.39, 0.29) is 0 Å². The van der Waals surface area contributed by atoms with Crippen LogP contribution in [0, 0.1) is 6.92 Å². The Morgan fingerprint density at radius 3 is 1.22 bits per heavy atom. The molecule has 0 saturated heterocycles. The second-order valence-corrected chi connectivity index (χ2v) is 6.84. The number of benzene rings is 4. The Balaban J connectivity index is 1.98. The van der Waals surface area contributed by atoms with Crippen molar-refractivity contribution in [2.24, 2.45) is 0 Å². The first kappa shape index (κ1) is 17.1. The molecule has 1 heteroatoms. The van der Waals surface area contributed by atoms with E-state index in [0.29, 0.717) is 0 Å². The van der Waals surface area contributed by atoms with Gasteiger partial charge in [-0.15, -0.1) is 0 Å². The minimum Gasteiger partial charge on any atom is -0.368 e. The van der Waals surface area contributed by atoms with E-state index in [0.717, 1.165) is 5.69 Å². The second-order valence-electron chi connectivity index (χ2n) is 6.84. The van der Waals surface area contributed by atoms with Crippen LogP contribution in [0.25, 0.3) is 0 Å². The molecule has 0 atom stereocenters. The summed E-state index contributed by atoms with van der Waals surface area (Å²) in [5.41, 5.74) is 5.51. The zero-order valence-electron chi connectivity index (χ0n) is 15.5. The van der Waals surface area contributed by atoms with Gasteiger partial charge in [-0.1, -0.05) is 109 Å². The van der Waals surface area contributed by atoms with Crippen molar-refractivity contribution >= 4 is 5.69 Å². The Bertz CT molecular complexity index is 878. The summed E-state index contributed by atoms with van der Waals surface area (Å²) < 4.78 is 0. The molecular formula is C26H23N. The van der Waals surface area contributed by atoms with Crippen LogP contribution >= 0.6 is 0 Å². The van der Waals surface area contributed by atoms with Crippen molar-refractivity contribution in [2.45, 2.75) is 12.5 Å². The van der Waals surface area contributed by atoms with E-state index in [2.05, 4.69) is 128 Å². The van der Waals surface area contributed by atoms with Crippen LogP contribution in [0.2, 0.25) is 0 Å². The third kappa shape index (κ3) is 3.37. The minimum absolute atomic E-state index is 0.473. The summed E-state index contributed by atoms with van der Waals surface area (Å²) in [5, 5.41) is 3.87. The molecule has 4 aromatic rings. The summed E-state index contributed by atoms with van der Waals surface area (Å²) in [6, 6.07) is 40.6. The Kier molecular flexibility index (Phi) is 4.76. The van der Waals surface area contributed by atoms with Gasteiger partial charge in [-0.3, -0.25) is 0 Å². The maximum absolute atomic E-state index is 3.87. The molecule has 0 radical (unpaired) electrons.